The van der Waals surface area contributed by atoms with Gasteiger partial charge in [-0.15, -0.1) is 0 Å². The van der Waals surface area contributed by atoms with E-state index in [-0.39, 0.29) is 0 Å². The van der Waals surface area contributed by atoms with Crippen LogP contribution in [0.1, 0.15) is 85.5 Å². The smallest absolute Gasteiger partial charge is 0.372 e. The number of aliphatic imine (C=N–C) groups is 2. The monoisotopic (exact) mass is 370 g/mol. The van der Waals surface area contributed by atoms with Crippen LogP contribution in [0.15, 0.2) is 9.98 Å². The van der Waals surface area contributed by atoms with Crippen molar-refractivity contribution in [3.05, 3.63) is 0 Å². The molecule has 1 rings (SSSR count). The van der Waals surface area contributed by atoms with E-state index in [0.717, 1.165) is 12.8 Å². The quantitative estimate of drug-likeness (QED) is 0.285. The summed E-state index contributed by atoms with van der Waals surface area (Å²) in [5.74, 6) is 0. The largest absolute Gasteiger partial charge is 0.535 e. The maximum Gasteiger partial charge on any atom is 0.535 e. The Morgan fingerprint density at radius 3 is 1.72 bits per heavy atom. The predicted octanol–water partition coefficient (Wildman–Crippen LogP) is 4.96. The molecule has 6 heteroatoms. The molecule has 1 atom stereocenters. The van der Waals surface area contributed by atoms with Gasteiger partial charge in [0.15, 0.2) is 5.16 Å². The Hall–Kier alpha value is -0.563. The number of rotatable bonds is 16. The lowest BCUT2D eigenvalue weighted by atomic mass is 10.0. The third kappa shape index (κ3) is 6.59. The standard InChI is InChI=1S/C19H38N2O3Si/c1-5-9-10-11-12-13-14-15-16-19(17-20-18-21-19)25(22-6-2,23-7-3)24-8-4/h17-18H,5-16H2,1-4H3. The van der Waals surface area contributed by atoms with Crippen molar-refractivity contribution in [3.63, 3.8) is 0 Å². The lowest BCUT2D eigenvalue weighted by molar-refractivity contribution is 0.0548. The van der Waals surface area contributed by atoms with E-state index in [9.17, 15) is 0 Å². The molecule has 0 aromatic heterocycles. The van der Waals surface area contributed by atoms with Gasteiger partial charge < -0.3 is 13.3 Å². The lowest BCUT2D eigenvalue weighted by Crippen LogP contribution is -2.64. The highest BCUT2D eigenvalue weighted by Crippen LogP contribution is 2.34. The van der Waals surface area contributed by atoms with Crippen LogP contribution in [0.25, 0.3) is 0 Å². The van der Waals surface area contributed by atoms with Gasteiger partial charge in [-0.25, -0.2) is 4.99 Å². The van der Waals surface area contributed by atoms with Crippen LogP contribution >= 0.6 is 0 Å². The fraction of sp³-hybridized carbons (Fsp3) is 0.895. The Bertz CT molecular complexity index is 373. The Labute approximate surface area is 155 Å². The van der Waals surface area contributed by atoms with Gasteiger partial charge >= 0.3 is 8.80 Å². The van der Waals surface area contributed by atoms with Gasteiger partial charge in [0.1, 0.15) is 6.34 Å². The Morgan fingerprint density at radius 1 is 0.760 bits per heavy atom. The first-order valence-electron chi connectivity index (χ1n) is 10.2. The van der Waals surface area contributed by atoms with Crippen LogP contribution in [-0.4, -0.2) is 46.3 Å². The highest BCUT2D eigenvalue weighted by Gasteiger charge is 2.61. The minimum atomic E-state index is -2.95. The first kappa shape index (κ1) is 22.5. The van der Waals surface area contributed by atoms with Crippen LogP contribution in [0.5, 0.6) is 0 Å². The van der Waals surface area contributed by atoms with Gasteiger partial charge in [0.05, 0.1) is 0 Å². The molecular weight excluding hydrogens is 332 g/mol. The van der Waals surface area contributed by atoms with Gasteiger partial charge in [-0.2, -0.15) is 0 Å². The molecule has 0 spiro atoms. The number of unbranched alkanes of at least 4 members (excludes halogenated alkanes) is 7. The number of nitrogens with zero attached hydrogens (tertiary/aromatic N) is 2. The molecule has 0 amide bonds. The normalized spacial score (nSPS) is 19.8. The van der Waals surface area contributed by atoms with E-state index in [1.54, 1.807) is 6.34 Å². The van der Waals surface area contributed by atoms with Gasteiger partial charge in [0.2, 0.25) is 0 Å². The summed E-state index contributed by atoms with van der Waals surface area (Å²) in [5, 5.41) is -0.544. The first-order valence-corrected chi connectivity index (χ1v) is 11.9. The van der Waals surface area contributed by atoms with Crippen molar-refractivity contribution < 1.29 is 13.3 Å². The summed E-state index contributed by atoms with van der Waals surface area (Å²) in [4.78, 5) is 8.97. The molecule has 1 heterocycles. The third-order valence-corrected chi connectivity index (χ3v) is 8.16. The lowest BCUT2D eigenvalue weighted by Gasteiger charge is -2.39. The molecule has 0 saturated carbocycles. The Kier molecular flexibility index (Phi) is 11.5. The van der Waals surface area contributed by atoms with Crippen molar-refractivity contribution in [1.29, 1.82) is 0 Å². The summed E-state index contributed by atoms with van der Waals surface area (Å²) in [5.41, 5.74) is 0. The van der Waals surface area contributed by atoms with Crippen LogP contribution in [0.3, 0.4) is 0 Å². The van der Waals surface area contributed by atoms with Crippen LogP contribution in [0.2, 0.25) is 0 Å². The fourth-order valence-electron chi connectivity index (χ4n) is 3.37. The summed E-state index contributed by atoms with van der Waals surface area (Å²) in [6.45, 7) is 9.91. The SMILES string of the molecule is CCCCCCCCCCC1([Si](OCC)(OCC)OCC)C=NC=N1. The summed E-state index contributed by atoms with van der Waals surface area (Å²) in [6.07, 6.45) is 14.7. The molecule has 0 fully saturated rings. The topological polar surface area (TPSA) is 52.4 Å². The Balaban J connectivity index is 2.62. The summed E-state index contributed by atoms with van der Waals surface area (Å²) in [6, 6.07) is 0. The van der Waals surface area contributed by atoms with Gasteiger partial charge in [-0.1, -0.05) is 58.3 Å². The van der Waals surface area contributed by atoms with Crippen LogP contribution < -0.4 is 0 Å². The summed E-state index contributed by atoms with van der Waals surface area (Å²) >= 11 is 0. The maximum absolute atomic E-state index is 6.11. The molecule has 146 valence electrons. The summed E-state index contributed by atoms with van der Waals surface area (Å²) in [7, 11) is -2.95. The van der Waals surface area contributed by atoms with E-state index >= 15 is 0 Å². The number of hydrogen-bond donors (Lipinski definition) is 0. The molecule has 5 nitrogen and oxygen atoms in total. The van der Waals surface area contributed by atoms with Crippen LogP contribution in [-0.2, 0) is 13.3 Å². The second-order valence-corrected chi connectivity index (χ2v) is 9.37. The average molecular weight is 371 g/mol. The van der Waals surface area contributed by atoms with E-state index < -0.39 is 14.0 Å². The van der Waals surface area contributed by atoms with Crippen molar-refractivity contribution in [1.82, 2.24) is 0 Å². The van der Waals surface area contributed by atoms with Crippen LogP contribution in [0.4, 0.5) is 0 Å². The second-order valence-electron chi connectivity index (χ2n) is 6.53. The van der Waals surface area contributed by atoms with Gasteiger partial charge in [-0.05, 0) is 27.2 Å². The van der Waals surface area contributed by atoms with Crippen molar-refractivity contribution in [2.75, 3.05) is 19.8 Å². The second kappa shape index (κ2) is 12.7. The van der Waals surface area contributed by atoms with Crippen molar-refractivity contribution >= 4 is 21.4 Å². The molecule has 0 aromatic rings. The van der Waals surface area contributed by atoms with E-state index in [1.807, 2.05) is 27.0 Å². The average Bonchev–Trinajstić information content (AvgIpc) is 3.08. The first-order chi connectivity index (χ1) is 12.2. The number of hydrogen-bond acceptors (Lipinski definition) is 5. The van der Waals surface area contributed by atoms with E-state index in [1.165, 1.54) is 44.9 Å². The molecule has 0 radical (unpaired) electrons. The molecule has 25 heavy (non-hydrogen) atoms. The molecule has 1 unspecified atom stereocenters. The molecule has 0 aliphatic carbocycles. The highest BCUT2D eigenvalue weighted by molar-refractivity contribution is 6.68. The van der Waals surface area contributed by atoms with Crippen molar-refractivity contribution in [2.45, 2.75) is 90.6 Å². The molecule has 0 saturated heterocycles. The third-order valence-electron chi connectivity index (χ3n) is 4.59. The zero-order chi connectivity index (χ0) is 18.4. The van der Waals surface area contributed by atoms with Gasteiger partial charge in [-0.3, -0.25) is 4.99 Å². The molecule has 0 bridgehead atoms. The van der Waals surface area contributed by atoms with Crippen LogP contribution in [0, 0.1) is 0 Å². The molecular formula is C19H38N2O3Si. The van der Waals surface area contributed by atoms with E-state index in [2.05, 4.69) is 11.9 Å². The minimum Gasteiger partial charge on any atom is -0.372 e. The highest BCUT2D eigenvalue weighted by atomic mass is 28.4. The van der Waals surface area contributed by atoms with Gasteiger partial charge in [0.25, 0.3) is 0 Å². The minimum absolute atomic E-state index is 0.544. The predicted molar refractivity (Wildman–Crippen MR) is 108 cm³/mol. The zero-order valence-electron chi connectivity index (χ0n) is 16.8. The summed E-state index contributed by atoms with van der Waals surface area (Å²) < 4.78 is 18.3. The maximum atomic E-state index is 6.11. The van der Waals surface area contributed by atoms with E-state index in [0.29, 0.717) is 19.8 Å². The van der Waals surface area contributed by atoms with Crippen molar-refractivity contribution in [3.8, 4) is 0 Å². The Morgan fingerprint density at radius 2 is 1.28 bits per heavy atom. The van der Waals surface area contributed by atoms with Crippen molar-refractivity contribution in [2.24, 2.45) is 9.98 Å². The molecule has 1 aliphatic rings. The van der Waals surface area contributed by atoms with Gasteiger partial charge in [0, 0.05) is 26.0 Å². The molecule has 1 aliphatic heterocycles. The fourth-order valence-corrected chi connectivity index (χ4v) is 6.44. The molecule has 0 aromatic carbocycles. The zero-order valence-corrected chi connectivity index (χ0v) is 17.8. The molecule has 0 N–H and O–H groups in total. The van der Waals surface area contributed by atoms with E-state index in [4.69, 9.17) is 18.3 Å².